The van der Waals surface area contributed by atoms with Crippen LogP contribution in [0, 0.1) is 5.92 Å². The summed E-state index contributed by atoms with van der Waals surface area (Å²) in [5, 5.41) is 0. The van der Waals surface area contributed by atoms with E-state index < -0.39 is 0 Å². The van der Waals surface area contributed by atoms with E-state index >= 15 is 0 Å². The molecule has 0 radical (unpaired) electrons. The summed E-state index contributed by atoms with van der Waals surface area (Å²) < 4.78 is 5.05. The minimum atomic E-state index is 0.0976. The molecule has 2 amide bonds. The molecule has 130 valence electrons. The predicted octanol–water partition coefficient (Wildman–Crippen LogP) is 1.35. The van der Waals surface area contributed by atoms with E-state index in [0.29, 0.717) is 25.1 Å². The third kappa shape index (κ3) is 3.93. The topological polar surface area (TPSA) is 62.7 Å². The Kier molecular flexibility index (Phi) is 5.45. The normalized spacial score (nSPS) is 20.9. The van der Waals surface area contributed by atoms with Gasteiger partial charge in [-0.15, -0.1) is 0 Å². The average molecular weight is 331 g/mol. The van der Waals surface area contributed by atoms with Gasteiger partial charge in [0, 0.05) is 57.2 Å². The predicted molar refractivity (Wildman–Crippen MR) is 89.6 cm³/mol. The number of carbonyl (C=O) groups is 2. The Balaban J connectivity index is 1.60. The minimum absolute atomic E-state index is 0.0976. The zero-order chi connectivity index (χ0) is 16.9. The van der Waals surface area contributed by atoms with Crippen LogP contribution in [0.3, 0.4) is 0 Å². The van der Waals surface area contributed by atoms with Crippen molar-refractivity contribution in [3.05, 3.63) is 29.6 Å². The molecular formula is C18H25N3O3. The second-order valence-electron chi connectivity index (χ2n) is 6.64. The minimum Gasteiger partial charge on any atom is -0.383 e. The van der Waals surface area contributed by atoms with Crippen LogP contribution in [0.5, 0.6) is 0 Å². The van der Waals surface area contributed by atoms with E-state index in [1.165, 1.54) is 0 Å². The van der Waals surface area contributed by atoms with Crippen molar-refractivity contribution in [2.75, 3.05) is 39.9 Å². The third-order valence-electron chi connectivity index (χ3n) is 4.81. The lowest BCUT2D eigenvalue weighted by Crippen LogP contribution is -2.29. The highest BCUT2D eigenvalue weighted by Gasteiger charge is 2.29. The van der Waals surface area contributed by atoms with Crippen LogP contribution in [0.15, 0.2) is 18.3 Å². The van der Waals surface area contributed by atoms with Crippen molar-refractivity contribution in [2.24, 2.45) is 5.92 Å². The number of methoxy groups -OCH3 is 1. The maximum atomic E-state index is 12.5. The van der Waals surface area contributed by atoms with Crippen molar-refractivity contribution in [3.63, 3.8) is 0 Å². The molecule has 0 aromatic carbocycles. The molecule has 1 unspecified atom stereocenters. The third-order valence-corrected chi connectivity index (χ3v) is 4.81. The SMILES string of the molecule is COCCN1CC(Cc2cc(C(=O)N3CCCC3)ccn2)CC1=O. The highest BCUT2D eigenvalue weighted by molar-refractivity contribution is 5.94. The van der Waals surface area contributed by atoms with Crippen LogP contribution in [0.4, 0.5) is 0 Å². The Hall–Kier alpha value is -1.95. The summed E-state index contributed by atoms with van der Waals surface area (Å²) >= 11 is 0. The first-order valence-corrected chi connectivity index (χ1v) is 8.68. The van der Waals surface area contributed by atoms with Crippen molar-refractivity contribution in [3.8, 4) is 0 Å². The van der Waals surface area contributed by atoms with Gasteiger partial charge >= 0.3 is 0 Å². The fourth-order valence-electron chi connectivity index (χ4n) is 3.53. The molecule has 0 N–H and O–H groups in total. The summed E-state index contributed by atoms with van der Waals surface area (Å²) in [5.41, 5.74) is 1.61. The van der Waals surface area contributed by atoms with E-state index in [1.54, 1.807) is 19.4 Å². The van der Waals surface area contributed by atoms with Gasteiger partial charge in [0.2, 0.25) is 5.91 Å². The monoisotopic (exact) mass is 331 g/mol. The van der Waals surface area contributed by atoms with E-state index in [0.717, 1.165) is 44.6 Å². The van der Waals surface area contributed by atoms with Crippen LogP contribution in [0.25, 0.3) is 0 Å². The zero-order valence-electron chi connectivity index (χ0n) is 14.2. The first-order valence-electron chi connectivity index (χ1n) is 8.68. The van der Waals surface area contributed by atoms with Gasteiger partial charge in [0.15, 0.2) is 0 Å². The first-order chi connectivity index (χ1) is 11.7. The summed E-state index contributed by atoms with van der Waals surface area (Å²) in [7, 11) is 1.64. The maximum absolute atomic E-state index is 12.5. The van der Waals surface area contributed by atoms with Gasteiger partial charge in [-0.3, -0.25) is 14.6 Å². The molecule has 24 heavy (non-hydrogen) atoms. The number of ether oxygens (including phenoxy) is 1. The van der Waals surface area contributed by atoms with Crippen molar-refractivity contribution in [1.29, 1.82) is 0 Å². The molecule has 2 fully saturated rings. The van der Waals surface area contributed by atoms with Crippen LogP contribution in [0.1, 0.15) is 35.3 Å². The lowest BCUT2D eigenvalue weighted by Gasteiger charge is -2.17. The van der Waals surface area contributed by atoms with Crippen LogP contribution in [-0.4, -0.2) is 66.5 Å². The number of rotatable bonds is 6. The zero-order valence-corrected chi connectivity index (χ0v) is 14.2. The summed E-state index contributed by atoms with van der Waals surface area (Å²) in [5.74, 6) is 0.542. The fourth-order valence-corrected chi connectivity index (χ4v) is 3.53. The van der Waals surface area contributed by atoms with Gasteiger partial charge in [-0.05, 0) is 37.3 Å². The van der Waals surface area contributed by atoms with Gasteiger partial charge in [0.25, 0.3) is 5.91 Å². The molecule has 2 aliphatic heterocycles. The Morgan fingerprint density at radius 3 is 2.92 bits per heavy atom. The first kappa shape index (κ1) is 16.9. The number of pyridine rings is 1. The second kappa shape index (κ2) is 7.75. The molecule has 6 heteroatoms. The summed E-state index contributed by atoms with van der Waals surface area (Å²) in [6.45, 7) is 3.65. The largest absolute Gasteiger partial charge is 0.383 e. The van der Waals surface area contributed by atoms with Crippen molar-refractivity contribution in [2.45, 2.75) is 25.7 Å². The van der Waals surface area contributed by atoms with Gasteiger partial charge in [0.1, 0.15) is 0 Å². The number of likely N-dealkylation sites (tertiary alicyclic amines) is 2. The lowest BCUT2D eigenvalue weighted by atomic mass is 10.0. The molecule has 1 aromatic heterocycles. The number of hydrogen-bond donors (Lipinski definition) is 0. The molecular weight excluding hydrogens is 306 g/mol. The van der Waals surface area contributed by atoms with E-state index in [9.17, 15) is 9.59 Å². The van der Waals surface area contributed by atoms with E-state index in [4.69, 9.17) is 4.74 Å². The summed E-state index contributed by atoms with van der Waals surface area (Å²) in [6.07, 6.45) is 5.17. The molecule has 0 bridgehead atoms. The molecule has 2 saturated heterocycles. The Morgan fingerprint density at radius 1 is 1.38 bits per heavy atom. The molecule has 2 aliphatic rings. The molecule has 0 saturated carbocycles. The number of aromatic nitrogens is 1. The Morgan fingerprint density at radius 2 is 2.17 bits per heavy atom. The van der Waals surface area contributed by atoms with Crippen LogP contribution < -0.4 is 0 Å². The van der Waals surface area contributed by atoms with E-state index in [-0.39, 0.29) is 17.7 Å². The van der Waals surface area contributed by atoms with Gasteiger partial charge < -0.3 is 14.5 Å². The van der Waals surface area contributed by atoms with Gasteiger partial charge in [-0.25, -0.2) is 0 Å². The Labute approximate surface area is 142 Å². The number of carbonyl (C=O) groups excluding carboxylic acids is 2. The molecule has 6 nitrogen and oxygen atoms in total. The Bertz CT molecular complexity index is 599. The van der Waals surface area contributed by atoms with Crippen molar-refractivity contribution >= 4 is 11.8 Å². The van der Waals surface area contributed by atoms with Gasteiger partial charge in [-0.1, -0.05) is 0 Å². The summed E-state index contributed by atoms with van der Waals surface area (Å²) in [6, 6.07) is 3.68. The van der Waals surface area contributed by atoms with E-state index in [1.807, 2.05) is 15.9 Å². The standard InChI is InChI=1S/C18H25N3O3/c1-24-9-8-21-13-14(11-17(21)22)10-16-12-15(4-5-19-16)18(23)20-6-2-3-7-20/h4-5,12,14H,2-3,6-11,13H2,1H3. The van der Waals surface area contributed by atoms with E-state index in [2.05, 4.69) is 4.98 Å². The smallest absolute Gasteiger partial charge is 0.253 e. The highest BCUT2D eigenvalue weighted by atomic mass is 16.5. The second-order valence-corrected chi connectivity index (χ2v) is 6.64. The lowest BCUT2D eigenvalue weighted by molar-refractivity contribution is -0.128. The number of hydrogen-bond acceptors (Lipinski definition) is 4. The van der Waals surface area contributed by atoms with Gasteiger partial charge in [-0.2, -0.15) is 0 Å². The molecule has 0 aliphatic carbocycles. The van der Waals surface area contributed by atoms with Crippen LogP contribution >= 0.6 is 0 Å². The van der Waals surface area contributed by atoms with Crippen molar-refractivity contribution < 1.29 is 14.3 Å². The molecule has 3 rings (SSSR count). The van der Waals surface area contributed by atoms with Crippen LogP contribution in [-0.2, 0) is 16.0 Å². The average Bonchev–Trinajstić information content (AvgIpc) is 3.22. The number of nitrogens with zero attached hydrogens (tertiary/aromatic N) is 3. The van der Waals surface area contributed by atoms with Crippen LogP contribution in [0.2, 0.25) is 0 Å². The van der Waals surface area contributed by atoms with Gasteiger partial charge in [0.05, 0.1) is 6.61 Å². The van der Waals surface area contributed by atoms with Crippen molar-refractivity contribution in [1.82, 2.24) is 14.8 Å². The quantitative estimate of drug-likeness (QED) is 0.789. The fraction of sp³-hybridized carbons (Fsp3) is 0.611. The number of amides is 2. The maximum Gasteiger partial charge on any atom is 0.253 e. The molecule has 3 heterocycles. The highest BCUT2D eigenvalue weighted by Crippen LogP contribution is 2.22. The summed E-state index contributed by atoms with van der Waals surface area (Å²) in [4.78, 5) is 32.7. The molecule has 1 aromatic rings. The molecule has 1 atom stereocenters. The molecule has 0 spiro atoms.